The minimum atomic E-state index is 1.32. The first kappa shape index (κ1) is 17.0. The lowest BCUT2D eigenvalue weighted by molar-refractivity contribution is 1.26. The standard InChI is InChI=1S/C28H24/c1-17-15-19(3)26(20(4)16-17)25-14-8-13-24-23-12-7-11-22(27(23)28(24)25)21-10-6-5-9-18(21)2/h5-16H,1-4H3. The summed E-state index contributed by atoms with van der Waals surface area (Å²) in [5.74, 6) is 0. The van der Waals surface area contributed by atoms with Gasteiger partial charge in [-0.3, -0.25) is 0 Å². The fourth-order valence-electron chi connectivity index (χ4n) is 4.94. The molecular weight excluding hydrogens is 336 g/mol. The Hall–Kier alpha value is -3.12. The molecule has 0 radical (unpaired) electrons. The third-order valence-corrected chi connectivity index (χ3v) is 6.05. The van der Waals surface area contributed by atoms with Crippen molar-refractivity contribution >= 4 is 0 Å². The normalized spacial score (nSPS) is 11.6. The Morgan fingerprint density at radius 3 is 1.64 bits per heavy atom. The molecule has 0 aromatic heterocycles. The van der Waals surface area contributed by atoms with E-state index < -0.39 is 0 Å². The van der Waals surface area contributed by atoms with Crippen LogP contribution in [0.5, 0.6) is 0 Å². The molecule has 0 spiro atoms. The van der Waals surface area contributed by atoms with Crippen LogP contribution in [0.3, 0.4) is 0 Å². The van der Waals surface area contributed by atoms with Crippen LogP contribution in [-0.2, 0) is 0 Å². The highest BCUT2D eigenvalue weighted by molar-refractivity contribution is 5.76. The summed E-state index contributed by atoms with van der Waals surface area (Å²) < 4.78 is 0. The van der Waals surface area contributed by atoms with Gasteiger partial charge in [0.15, 0.2) is 0 Å². The molecule has 0 unspecified atom stereocenters. The van der Waals surface area contributed by atoms with Crippen molar-refractivity contribution < 1.29 is 0 Å². The fourth-order valence-corrected chi connectivity index (χ4v) is 4.94. The molecule has 5 rings (SSSR count). The molecule has 0 saturated carbocycles. The van der Waals surface area contributed by atoms with Crippen molar-refractivity contribution in [3.05, 3.63) is 116 Å². The first-order chi connectivity index (χ1) is 13.6. The second-order valence-electron chi connectivity index (χ2n) is 8.04. The monoisotopic (exact) mass is 360 g/mol. The van der Waals surface area contributed by atoms with Gasteiger partial charge in [-0.05, 0) is 87.5 Å². The lowest BCUT2D eigenvalue weighted by Gasteiger charge is -2.18. The number of hydrogen-bond acceptors (Lipinski definition) is 0. The molecule has 1 aliphatic carbocycles. The Morgan fingerprint density at radius 2 is 1.00 bits per heavy atom. The predicted molar refractivity (Wildman–Crippen MR) is 118 cm³/mol. The van der Waals surface area contributed by atoms with E-state index in [9.17, 15) is 0 Å². The van der Waals surface area contributed by atoms with E-state index in [0.717, 1.165) is 0 Å². The minimum absolute atomic E-state index is 1.32. The highest BCUT2D eigenvalue weighted by atomic mass is 14.2. The van der Waals surface area contributed by atoms with E-state index in [1.807, 2.05) is 0 Å². The van der Waals surface area contributed by atoms with Gasteiger partial charge in [0, 0.05) is 0 Å². The van der Waals surface area contributed by atoms with Crippen molar-refractivity contribution in [2.45, 2.75) is 27.7 Å². The van der Waals surface area contributed by atoms with E-state index in [1.54, 1.807) is 0 Å². The predicted octanol–water partition coefficient (Wildman–Crippen LogP) is 7.14. The van der Waals surface area contributed by atoms with Crippen molar-refractivity contribution in [1.82, 2.24) is 0 Å². The summed E-state index contributed by atoms with van der Waals surface area (Å²) >= 11 is 0. The highest BCUT2D eigenvalue weighted by Crippen LogP contribution is 2.35. The Labute approximate surface area is 166 Å². The van der Waals surface area contributed by atoms with Crippen molar-refractivity contribution in [2.75, 3.05) is 0 Å². The first-order valence-electron chi connectivity index (χ1n) is 9.97. The Morgan fingerprint density at radius 1 is 0.464 bits per heavy atom. The van der Waals surface area contributed by atoms with Gasteiger partial charge in [0.2, 0.25) is 0 Å². The molecule has 0 N–H and O–H groups in total. The molecule has 0 aliphatic heterocycles. The van der Waals surface area contributed by atoms with Crippen LogP contribution in [0.1, 0.15) is 22.3 Å². The van der Waals surface area contributed by atoms with Crippen LogP contribution < -0.4 is 0 Å². The maximum atomic E-state index is 2.30. The van der Waals surface area contributed by atoms with Gasteiger partial charge in [-0.25, -0.2) is 0 Å². The van der Waals surface area contributed by atoms with Crippen LogP contribution in [0, 0.1) is 48.6 Å². The molecule has 0 heterocycles. The van der Waals surface area contributed by atoms with E-state index in [4.69, 9.17) is 0 Å². The molecular formula is C28H24. The average molecular weight is 361 g/mol. The average Bonchev–Trinajstić information content (AvgIpc) is 2.65. The van der Waals surface area contributed by atoms with Crippen LogP contribution in [0.25, 0.3) is 22.3 Å². The third-order valence-electron chi connectivity index (χ3n) is 6.05. The zero-order valence-corrected chi connectivity index (χ0v) is 16.9. The summed E-state index contributed by atoms with van der Waals surface area (Å²) in [6.45, 7) is 8.86. The molecule has 0 bridgehead atoms. The van der Waals surface area contributed by atoms with Gasteiger partial charge in [0.25, 0.3) is 0 Å². The fraction of sp³-hybridized carbons (Fsp3) is 0.143. The van der Waals surface area contributed by atoms with Crippen molar-refractivity contribution in [1.29, 1.82) is 0 Å². The molecule has 0 fully saturated rings. The number of aryl methyl sites for hydroxylation is 4. The second kappa shape index (κ2) is 6.21. The molecule has 0 atom stereocenters. The van der Waals surface area contributed by atoms with Crippen LogP contribution >= 0.6 is 0 Å². The van der Waals surface area contributed by atoms with Crippen molar-refractivity contribution in [3.8, 4) is 22.3 Å². The Balaban J connectivity index is 1.94. The van der Waals surface area contributed by atoms with E-state index >= 15 is 0 Å². The summed E-state index contributed by atoms with van der Waals surface area (Å²) in [6.07, 6.45) is 0. The van der Waals surface area contributed by atoms with Gasteiger partial charge in [0.1, 0.15) is 0 Å². The largest absolute Gasteiger partial charge is 0.0620 e. The molecule has 0 saturated heterocycles. The van der Waals surface area contributed by atoms with Gasteiger partial charge < -0.3 is 0 Å². The van der Waals surface area contributed by atoms with Crippen LogP contribution in [0.15, 0.2) is 72.8 Å². The first-order valence-corrected chi connectivity index (χ1v) is 9.97. The quantitative estimate of drug-likeness (QED) is 0.314. The van der Waals surface area contributed by atoms with Crippen LogP contribution in [-0.4, -0.2) is 0 Å². The summed E-state index contributed by atoms with van der Waals surface area (Å²) in [5.41, 5.74) is 10.8. The van der Waals surface area contributed by atoms with Crippen molar-refractivity contribution in [3.63, 3.8) is 0 Å². The summed E-state index contributed by atoms with van der Waals surface area (Å²) in [7, 11) is 0. The van der Waals surface area contributed by atoms with Gasteiger partial charge in [-0.2, -0.15) is 0 Å². The molecule has 136 valence electrons. The van der Waals surface area contributed by atoms with E-state index in [1.165, 1.54) is 65.4 Å². The number of hydrogen-bond donors (Lipinski definition) is 0. The SMILES string of the molecule is Cc1cc(C)c(-c2cccc3c2=c2c(-c4ccccc4C)cccc2=3)c(C)c1. The summed E-state index contributed by atoms with van der Waals surface area (Å²) in [4.78, 5) is 0. The molecule has 0 heteroatoms. The summed E-state index contributed by atoms with van der Waals surface area (Å²) in [6, 6.07) is 26.8. The number of rotatable bonds is 2. The van der Waals surface area contributed by atoms with E-state index in [2.05, 4.69) is 100 Å². The highest BCUT2D eigenvalue weighted by Gasteiger charge is 2.15. The van der Waals surface area contributed by atoms with Gasteiger partial charge in [0.05, 0.1) is 0 Å². The molecule has 0 nitrogen and oxygen atoms in total. The smallest absolute Gasteiger partial charge is 0.00139 e. The lowest BCUT2D eigenvalue weighted by Crippen LogP contribution is -2.00. The van der Waals surface area contributed by atoms with Gasteiger partial charge in [-0.1, -0.05) is 78.4 Å². The molecule has 4 aromatic carbocycles. The maximum Gasteiger partial charge on any atom is -0.00139 e. The minimum Gasteiger partial charge on any atom is -0.0620 e. The Kier molecular flexibility index (Phi) is 3.77. The summed E-state index contributed by atoms with van der Waals surface area (Å²) in [5, 5.41) is 5.57. The zero-order chi connectivity index (χ0) is 19.4. The second-order valence-corrected chi connectivity index (χ2v) is 8.04. The van der Waals surface area contributed by atoms with Gasteiger partial charge >= 0.3 is 0 Å². The Bertz CT molecular complexity index is 1420. The van der Waals surface area contributed by atoms with E-state index in [-0.39, 0.29) is 0 Å². The number of fused-ring (bicyclic) bond motifs is 2. The van der Waals surface area contributed by atoms with Crippen molar-refractivity contribution in [2.24, 2.45) is 0 Å². The molecule has 0 amide bonds. The van der Waals surface area contributed by atoms with Crippen LogP contribution in [0.4, 0.5) is 0 Å². The van der Waals surface area contributed by atoms with Gasteiger partial charge in [-0.15, -0.1) is 0 Å². The zero-order valence-electron chi connectivity index (χ0n) is 16.9. The van der Waals surface area contributed by atoms with E-state index in [0.29, 0.717) is 0 Å². The topological polar surface area (TPSA) is 0 Å². The number of benzene rings is 4. The molecule has 1 aliphatic rings. The molecule has 28 heavy (non-hydrogen) atoms. The lowest BCUT2D eigenvalue weighted by atomic mass is 9.86. The van der Waals surface area contributed by atoms with Crippen LogP contribution in [0.2, 0.25) is 0 Å². The maximum absolute atomic E-state index is 2.30. The third kappa shape index (κ3) is 2.38. The molecule has 4 aromatic rings.